The molecule has 1 heterocycles. The summed E-state index contributed by atoms with van der Waals surface area (Å²) in [7, 11) is 0. The fraction of sp³-hybridized carbons (Fsp3) is 0.154. The molecule has 0 saturated heterocycles. The third kappa shape index (κ3) is 1.71. The van der Waals surface area contributed by atoms with Gasteiger partial charge in [-0.25, -0.2) is 0 Å². The van der Waals surface area contributed by atoms with E-state index in [0.717, 1.165) is 23.0 Å². The molecule has 0 bridgehead atoms. The highest BCUT2D eigenvalue weighted by atomic mass is 16.3. The molecule has 0 aliphatic heterocycles. The van der Waals surface area contributed by atoms with Gasteiger partial charge in [0.2, 0.25) is 0 Å². The number of furan rings is 1. The van der Waals surface area contributed by atoms with Gasteiger partial charge in [0.1, 0.15) is 0 Å². The van der Waals surface area contributed by atoms with Crippen LogP contribution in [0, 0.1) is 13.8 Å². The van der Waals surface area contributed by atoms with Crippen molar-refractivity contribution in [2.24, 2.45) is 0 Å². The predicted molar refractivity (Wildman–Crippen MR) is 59.0 cm³/mol. The molecule has 0 amide bonds. The van der Waals surface area contributed by atoms with Crippen LogP contribution >= 0.6 is 0 Å². The Hall–Kier alpha value is -1.83. The van der Waals surface area contributed by atoms with Crippen molar-refractivity contribution in [2.45, 2.75) is 13.8 Å². The Morgan fingerprint density at radius 1 is 1.13 bits per heavy atom. The first-order chi connectivity index (χ1) is 7.22. The lowest BCUT2D eigenvalue weighted by Gasteiger charge is -2.05. The van der Waals surface area contributed by atoms with Crippen molar-refractivity contribution in [1.82, 2.24) is 0 Å². The molecular weight excluding hydrogens is 188 g/mol. The molecule has 0 saturated carbocycles. The maximum atomic E-state index is 10.8. The van der Waals surface area contributed by atoms with Crippen LogP contribution in [-0.4, -0.2) is 6.29 Å². The number of carbonyl (C=O) groups excluding carboxylic acids is 1. The average molecular weight is 200 g/mol. The second-order valence-corrected chi connectivity index (χ2v) is 3.63. The Kier molecular flexibility index (Phi) is 2.42. The molecule has 2 aromatic rings. The van der Waals surface area contributed by atoms with Gasteiger partial charge >= 0.3 is 0 Å². The first-order valence-corrected chi connectivity index (χ1v) is 4.82. The van der Waals surface area contributed by atoms with Crippen molar-refractivity contribution in [1.29, 1.82) is 0 Å². The van der Waals surface area contributed by atoms with Crippen molar-refractivity contribution in [3.63, 3.8) is 0 Å². The van der Waals surface area contributed by atoms with Crippen molar-refractivity contribution >= 4 is 6.29 Å². The zero-order valence-corrected chi connectivity index (χ0v) is 8.78. The van der Waals surface area contributed by atoms with E-state index < -0.39 is 0 Å². The van der Waals surface area contributed by atoms with Crippen LogP contribution in [0.25, 0.3) is 11.1 Å². The van der Waals surface area contributed by atoms with Gasteiger partial charge in [0, 0.05) is 5.56 Å². The van der Waals surface area contributed by atoms with Crippen LogP contribution in [0.1, 0.15) is 21.7 Å². The van der Waals surface area contributed by atoms with Crippen LogP contribution in [0.2, 0.25) is 0 Å². The topological polar surface area (TPSA) is 30.2 Å². The number of carbonyl (C=O) groups is 1. The lowest BCUT2D eigenvalue weighted by Crippen LogP contribution is -1.86. The Labute approximate surface area is 88.5 Å². The van der Waals surface area contributed by atoms with Crippen LogP contribution in [0.15, 0.2) is 34.9 Å². The van der Waals surface area contributed by atoms with E-state index in [0.29, 0.717) is 5.76 Å². The minimum Gasteiger partial charge on any atom is -0.461 e. The second-order valence-electron chi connectivity index (χ2n) is 3.63. The van der Waals surface area contributed by atoms with E-state index in [2.05, 4.69) is 12.1 Å². The summed E-state index contributed by atoms with van der Waals surface area (Å²) in [5, 5.41) is 0. The molecule has 1 aromatic heterocycles. The summed E-state index contributed by atoms with van der Waals surface area (Å²) in [6.07, 6.45) is 2.29. The molecule has 2 nitrogen and oxygen atoms in total. The molecule has 0 aliphatic rings. The molecule has 2 rings (SSSR count). The summed E-state index contributed by atoms with van der Waals surface area (Å²) in [4.78, 5) is 10.8. The molecule has 1 aromatic carbocycles. The Morgan fingerprint density at radius 2 is 1.93 bits per heavy atom. The van der Waals surface area contributed by atoms with Gasteiger partial charge in [0.15, 0.2) is 12.0 Å². The fourth-order valence-electron chi connectivity index (χ4n) is 1.66. The fourth-order valence-corrected chi connectivity index (χ4v) is 1.66. The van der Waals surface area contributed by atoms with Gasteiger partial charge in [-0.05, 0) is 31.0 Å². The zero-order chi connectivity index (χ0) is 10.8. The van der Waals surface area contributed by atoms with Gasteiger partial charge < -0.3 is 4.42 Å². The van der Waals surface area contributed by atoms with E-state index in [-0.39, 0.29) is 0 Å². The summed E-state index contributed by atoms with van der Waals surface area (Å²) in [5.74, 6) is 0.392. The highest BCUT2D eigenvalue weighted by molar-refractivity contribution is 5.85. The first kappa shape index (κ1) is 9.71. The Bertz CT molecular complexity index is 495. The van der Waals surface area contributed by atoms with E-state index in [1.165, 1.54) is 5.56 Å². The molecule has 76 valence electrons. The summed E-state index contributed by atoms with van der Waals surface area (Å²) < 4.78 is 5.10. The standard InChI is InChI=1S/C13H12O2/c1-9-3-4-10(2)12(7-9)11-5-6-15-13(11)8-14/h3-8H,1-2H3. The third-order valence-electron chi connectivity index (χ3n) is 2.49. The smallest absolute Gasteiger partial charge is 0.185 e. The normalized spacial score (nSPS) is 10.3. The maximum absolute atomic E-state index is 10.8. The minimum atomic E-state index is 0.392. The molecule has 0 radical (unpaired) electrons. The van der Waals surface area contributed by atoms with Crippen molar-refractivity contribution in [3.05, 3.63) is 47.4 Å². The van der Waals surface area contributed by atoms with Crippen LogP contribution in [0.3, 0.4) is 0 Å². The van der Waals surface area contributed by atoms with Gasteiger partial charge in [-0.2, -0.15) is 0 Å². The first-order valence-electron chi connectivity index (χ1n) is 4.82. The monoisotopic (exact) mass is 200 g/mol. The number of aldehydes is 1. The lowest BCUT2D eigenvalue weighted by molar-refractivity contribution is 0.110. The molecule has 0 atom stereocenters. The molecule has 0 unspecified atom stereocenters. The molecule has 0 spiro atoms. The lowest BCUT2D eigenvalue weighted by atomic mass is 9.99. The van der Waals surface area contributed by atoms with Gasteiger partial charge in [0.25, 0.3) is 0 Å². The van der Waals surface area contributed by atoms with E-state index in [9.17, 15) is 4.79 Å². The summed E-state index contributed by atoms with van der Waals surface area (Å²) >= 11 is 0. The number of aryl methyl sites for hydroxylation is 2. The van der Waals surface area contributed by atoms with Crippen LogP contribution in [0.5, 0.6) is 0 Å². The Balaban J connectivity index is 2.62. The van der Waals surface area contributed by atoms with E-state index in [1.54, 1.807) is 6.26 Å². The summed E-state index contributed by atoms with van der Waals surface area (Å²) in [5.41, 5.74) is 4.25. The molecule has 0 fully saturated rings. The average Bonchev–Trinajstić information content (AvgIpc) is 2.69. The SMILES string of the molecule is Cc1ccc(C)c(-c2ccoc2C=O)c1. The molecule has 15 heavy (non-hydrogen) atoms. The van der Waals surface area contributed by atoms with Gasteiger partial charge in [-0.1, -0.05) is 23.8 Å². The quantitative estimate of drug-likeness (QED) is 0.695. The number of hydrogen-bond donors (Lipinski definition) is 0. The molecular formula is C13H12O2. The maximum Gasteiger partial charge on any atom is 0.185 e. The third-order valence-corrected chi connectivity index (χ3v) is 2.49. The van der Waals surface area contributed by atoms with Crippen molar-refractivity contribution in [3.8, 4) is 11.1 Å². The molecule has 0 N–H and O–H groups in total. The van der Waals surface area contributed by atoms with Crippen molar-refractivity contribution < 1.29 is 9.21 Å². The summed E-state index contributed by atoms with van der Waals surface area (Å²) in [6.45, 7) is 4.06. The van der Waals surface area contributed by atoms with Crippen LogP contribution < -0.4 is 0 Å². The molecule has 2 heteroatoms. The minimum absolute atomic E-state index is 0.392. The molecule has 0 aliphatic carbocycles. The van der Waals surface area contributed by atoms with Crippen LogP contribution in [0.4, 0.5) is 0 Å². The van der Waals surface area contributed by atoms with Gasteiger partial charge in [-0.15, -0.1) is 0 Å². The van der Waals surface area contributed by atoms with Gasteiger partial charge in [0.05, 0.1) is 6.26 Å². The highest BCUT2D eigenvalue weighted by Crippen LogP contribution is 2.27. The second kappa shape index (κ2) is 3.73. The highest BCUT2D eigenvalue weighted by Gasteiger charge is 2.09. The number of rotatable bonds is 2. The summed E-state index contributed by atoms with van der Waals surface area (Å²) in [6, 6.07) is 7.99. The number of hydrogen-bond acceptors (Lipinski definition) is 2. The van der Waals surface area contributed by atoms with Crippen LogP contribution in [-0.2, 0) is 0 Å². The van der Waals surface area contributed by atoms with E-state index in [4.69, 9.17) is 4.42 Å². The van der Waals surface area contributed by atoms with Gasteiger partial charge in [-0.3, -0.25) is 4.79 Å². The van der Waals surface area contributed by atoms with Crippen molar-refractivity contribution in [2.75, 3.05) is 0 Å². The Morgan fingerprint density at radius 3 is 2.67 bits per heavy atom. The zero-order valence-electron chi connectivity index (χ0n) is 8.78. The number of benzene rings is 1. The largest absolute Gasteiger partial charge is 0.461 e. The van der Waals surface area contributed by atoms with E-state index >= 15 is 0 Å². The van der Waals surface area contributed by atoms with E-state index in [1.807, 2.05) is 26.0 Å². The predicted octanol–water partition coefficient (Wildman–Crippen LogP) is 3.38.